The average Bonchev–Trinajstić information content (AvgIpc) is 3.07. The molecular formula is C20H20O. The molecule has 106 valence electrons. The van der Waals surface area contributed by atoms with Crippen LogP contribution in [0.2, 0.25) is 0 Å². The summed E-state index contributed by atoms with van der Waals surface area (Å²) >= 11 is 0. The lowest BCUT2D eigenvalue weighted by atomic mass is 9.81. The van der Waals surface area contributed by atoms with Gasteiger partial charge in [0, 0.05) is 5.41 Å². The Morgan fingerprint density at radius 2 is 1.95 bits per heavy atom. The molecule has 21 heavy (non-hydrogen) atoms. The van der Waals surface area contributed by atoms with Crippen molar-refractivity contribution in [3.05, 3.63) is 65.3 Å². The van der Waals surface area contributed by atoms with Gasteiger partial charge in [0.25, 0.3) is 0 Å². The van der Waals surface area contributed by atoms with E-state index in [2.05, 4.69) is 61.5 Å². The van der Waals surface area contributed by atoms with E-state index in [1.807, 2.05) is 0 Å². The van der Waals surface area contributed by atoms with Crippen molar-refractivity contribution >= 4 is 16.8 Å². The predicted molar refractivity (Wildman–Crippen MR) is 88.2 cm³/mol. The summed E-state index contributed by atoms with van der Waals surface area (Å²) in [5.41, 5.74) is 4.42. The molecule has 2 aromatic carbocycles. The third-order valence-electron chi connectivity index (χ3n) is 4.90. The lowest BCUT2D eigenvalue weighted by molar-refractivity contribution is 0.169. The molecule has 0 N–H and O–H groups in total. The molecule has 1 heterocycles. The van der Waals surface area contributed by atoms with Crippen LogP contribution in [0.3, 0.4) is 0 Å². The van der Waals surface area contributed by atoms with E-state index in [1.54, 1.807) is 0 Å². The van der Waals surface area contributed by atoms with Crippen LogP contribution < -0.4 is 0 Å². The highest BCUT2D eigenvalue weighted by atomic mass is 16.5. The summed E-state index contributed by atoms with van der Waals surface area (Å²) in [5, 5.41) is 2.63. The molecule has 1 spiro atoms. The fraction of sp³-hybridized carbons (Fsp3) is 0.300. The van der Waals surface area contributed by atoms with Gasteiger partial charge < -0.3 is 4.74 Å². The zero-order chi connectivity index (χ0) is 14.3. The van der Waals surface area contributed by atoms with Crippen molar-refractivity contribution in [3.8, 4) is 0 Å². The molecule has 1 saturated heterocycles. The maximum Gasteiger partial charge on any atom is 0.0690 e. The second kappa shape index (κ2) is 4.85. The molecule has 0 radical (unpaired) electrons. The number of hydrogen-bond acceptors (Lipinski definition) is 1. The van der Waals surface area contributed by atoms with Crippen LogP contribution in [-0.4, -0.2) is 13.2 Å². The largest absolute Gasteiger partial charge is 0.376 e. The smallest absolute Gasteiger partial charge is 0.0690 e. The molecule has 1 atom stereocenters. The van der Waals surface area contributed by atoms with Crippen LogP contribution in [0.25, 0.3) is 16.8 Å². The van der Waals surface area contributed by atoms with E-state index in [0.29, 0.717) is 0 Å². The lowest BCUT2D eigenvalue weighted by Crippen LogP contribution is -2.16. The Morgan fingerprint density at radius 3 is 2.81 bits per heavy atom. The second-order valence-electron chi connectivity index (χ2n) is 6.38. The van der Waals surface area contributed by atoms with Gasteiger partial charge in [0.1, 0.15) is 0 Å². The van der Waals surface area contributed by atoms with Gasteiger partial charge in [0.05, 0.1) is 13.2 Å². The quantitative estimate of drug-likeness (QED) is 0.667. The van der Waals surface area contributed by atoms with E-state index in [9.17, 15) is 0 Å². The summed E-state index contributed by atoms with van der Waals surface area (Å²) in [6.45, 7) is 3.86. The van der Waals surface area contributed by atoms with Crippen LogP contribution in [0, 0.1) is 5.41 Å². The molecule has 0 unspecified atom stereocenters. The lowest BCUT2D eigenvalue weighted by Gasteiger charge is -2.21. The first-order chi connectivity index (χ1) is 10.3. The van der Waals surface area contributed by atoms with Crippen LogP contribution in [0.5, 0.6) is 0 Å². The van der Waals surface area contributed by atoms with Crippen LogP contribution in [0.15, 0.2) is 59.7 Å². The molecule has 1 aliphatic heterocycles. The van der Waals surface area contributed by atoms with Crippen molar-refractivity contribution in [1.29, 1.82) is 0 Å². The fourth-order valence-corrected chi connectivity index (χ4v) is 3.73. The molecular weight excluding hydrogens is 256 g/mol. The van der Waals surface area contributed by atoms with Gasteiger partial charge in [0.15, 0.2) is 0 Å². The summed E-state index contributed by atoms with van der Waals surface area (Å²) < 4.78 is 5.81. The molecule has 0 saturated carbocycles. The number of ether oxygens (including phenoxy) is 1. The zero-order valence-corrected chi connectivity index (χ0v) is 12.4. The van der Waals surface area contributed by atoms with E-state index >= 15 is 0 Å². The molecule has 1 aliphatic carbocycles. The fourth-order valence-electron chi connectivity index (χ4n) is 3.73. The Labute approximate surface area is 125 Å². The zero-order valence-electron chi connectivity index (χ0n) is 12.4. The van der Waals surface area contributed by atoms with Crippen molar-refractivity contribution in [3.63, 3.8) is 0 Å². The Hall–Kier alpha value is -1.86. The normalized spacial score (nSPS) is 26.9. The number of fused-ring (bicyclic) bond motifs is 1. The van der Waals surface area contributed by atoms with Crippen molar-refractivity contribution in [2.45, 2.75) is 19.8 Å². The molecule has 1 fully saturated rings. The molecule has 0 bridgehead atoms. The SMILES string of the molecule is CC1=C[C@@]2(CC1)COC/C2=C\c1cccc2ccccc12. The topological polar surface area (TPSA) is 9.23 Å². The van der Waals surface area contributed by atoms with Gasteiger partial charge in [-0.25, -0.2) is 0 Å². The minimum absolute atomic E-state index is 0.168. The number of benzene rings is 2. The minimum Gasteiger partial charge on any atom is -0.376 e. The summed E-state index contributed by atoms with van der Waals surface area (Å²) in [4.78, 5) is 0. The van der Waals surface area contributed by atoms with E-state index in [4.69, 9.17) is 4.74 Å². The first-order valence-electron chi connectivity index (χ1n) is 7.72. The third-order valence-corrected chi connectivity index (χ3v) is 4.90. The van der Waals surface area contributed by atoms with Crippen LogP contribution in [0.4, 0.5) is 0 Å². The van der Waals surface area contributed by atoms with Gasteiger partial charge in [-0.2, -0.15) is 0 Å². The van der Waals surface area contributed by atoms with Crippen LogP contribution >= 0.6 is 0 Å². The van der Waals surface area contributed by atoms with E-state index < -0.39 is 0 Å². The van der Waals surface area contributed by atoms with Gasteiger partial charge in [0.2, 0.25) is 0 Å². The maximum atomic E-state index is 5.81. The molecule has 2 aromatic rings. The van der Waals surface area contributed by atoms with Gasteiger partial charge in [-0.15, -0.1) is 0 Å². The van der Waals surface area contributed by atoms with Gasteiger partial charge in [-0.1, -0.05) is 60.2 Å². The first-order valence-corrected chi connectivity index (χ1v) is 7.72. The van der Waals surface area contributed by atoms with Crippen molar-refractivity contribution < 1.29 is 4.74 Å². The monoisotopic (exact) mass is 276 g/mol. The van der Waals surface area contributed by atoms with Gasteiger partial charge >= 0.3 is 0 Å². The Morgan fingerprint density at radius 1 is 1.10 bits per heavy atom. The molecule has 2 aliphatic rings. The number of allylic oxidation sites excluding steroid dienone is 1. The molecule has 0 aromatic heterocycles. The summed E-state index contributed by atoms with van der Waals surface area (Å²) in [7, 11) is 0. The molecule has 1 nitrogen and oxygen atoms in total. The number of rotatable bonds is 1. The predicted octanol–water partition coefficient (Wildman–Crippen LogP) is 4.98. The van der Waals surface area contributed by atoms with Crippen molar-refractivity contribution in [2.75, 3.05) is 13.2 Å². The Kier molecular flexibility index (Phi) is 2.97. The van der Waals surface area contributed by atoms with Crippen molar-refractivity contribution in [1.82, 2.24) is 0 Å². The third kappa shape index (κ3) is 2.13. The highest BCUT2D eigenvalue weighted by Gasteiger charge is 2.40. The first kappa shape index (κ1) is 12.8. The van der Waals surface area contributed by atoms with Gasteiger partial charge in [-0.05, 0) is 41.7 Å². The average molecular weight is 276 g/mol. The standard InChI is InChI=1S/C20H20O/c1-15-9-10-20(12-15)14-21-13-18(20)11-17-7-4-6-16-5-2-3-8-19(16)17/h2-8,11-12H,9-10,13-14H2,1H3/b18-11+/t20-/m0/s1. The van der Waals surface area contributed by atoms with E-state index in [1.165, 1.54) is 40.3 Å². The highest BCUT2D eigenvalue weighted by molar-refractivity contribution is 5.91. The molecule has 4 rings (SSSR count). The number of hydrogen-bond donors (Lipinski definition) is 0. The summed E-state index contributed by atoms with van der Waals surface area (Å²) in [6.07, 6.45) is 7.22. The Bertz CT molecular complexity index is 748. The second-order valence-corrected chi connectivity index (χ2v) is 6.38. The van der Waals surface area contributed by atoms with Gasteiger partial charge in [-0.3, -0.25) is 0 Å². The minimum atomic E-state index is 0.168. The molecule has 1 heteroatoms. The Balaban J connectivity index is 1.83. The van der Waals surface area contributed by atoms with E-state index in [-0.39, 0.29) is 5.41 Å². The van der Waals surface area contributed by atoms with E-state index in [0.717, 1.165) is 13.2 Å². The maximum absolute atomic E-state index is 5.81. The summed E-state index contributed by atoms with van der Waals surface area (Å²) in [5.74, 6) is 0. The van der Waals surface area contributed by atoms with Crippen LogP contribution in [0.1, 0.15) is 25.3 Å². The van der Waals surface area contributed by atoms with Crippen molar-refractivity contribution in [2.24, 2.45) is 5.41 Å². The molecule has 0 amide bonds. The van der Waals surface area contributed by atoms with Crippen LogP contribution in [-0.2, 0) is 4.74 Å². The summed E-state index contributed by atoms with van der Waals surface area (Å²) in [6, 6.07) is 15.1. The highest BCUT2D eigenvalue weighted by Crippen LogP contribution is 2.46.